The highest BCUT2D eigenvalue weighted by atomic mass is 15.0. The SMILES string of the molecule is Cc1ccc(Cn2c(C)c(-c3ccccc3)c(-c3ccccc3)c2C)cc1. The van der Waals surface area contributed by atoms with Crippen LogP contribution in [0.5, 0.6) is 0 Å². The zero-order chi connectivity index (χ0) is 18.8. The first-order valence-corrected chi connectivity index (χ1v) is 9.51. The van der Waals surface area contributed by atoms with Crippen molar-refractivity contribution in [3.8, 4) is 22.3 Å². The summed E-state index contributed by atoms with van der Waals surface area (Å²) in [6, 6.07) is 30.4. The van der Waals surface area contributed by atoms with Crippen LogP contribution >= 0.6 is 0 Å². The minimum Gasteiger partial charge on any atom is -0.344 e. The third kappa shape index (κ3) is 3.33. The van der Waals surface area contributed by atoms with Gasteiger partial charge in [-0.15, -0.1) is 0 Å². The van der Waals surface area contributed by atoms with Gasteiger partial charge < -0.3 is 4.57 Å². The molecule has 0 saturated heterocycles. The van der Waals surface area contributed by atoms with Crippen LogP contribution in [0.4, 0.5) is 0 Å². The molecule has 134 valence electrons. The van der Waals surface area contributed by atoms with Gasteiger partial charge in [-0.3, -0.25) is 0 Å². The van der Waals surface area contributed by atoms with Crippen LogP contribution in [0.25, 0.3) is 22.3 Å². The van der Waals surface area contributed by atoms with E-state index in [2.05, 4.69) is 110 Å². The molecule has 0 unspecified atom stereocenters. The smallest absolute Gasteiger partial charge is 0.0475 e. The van der Waals surface area contributed by atoms with Crippen molar-refractivity contribution >= 4 is 0 Å². The summed E-state index contributed by atoms with van der Waals surface area (Å²) in [7, 11) is 0. The normalized spacial score (nSPS) is 10.9. The molecule has 3 aromatic carbocycles. The summed E-state index contributed by atoms with van der Waals surface area (Å²) in [5.41, 5.74) is 10.5. The summed E-state index contributed by atoms with van der Waals surface area (Å²) < 4.78 is 2.45. The molecule has 0 fully saturated rings. The Bertz CT molecular complexity index is 976. The van der Waals surface area contributed by atoms with E-state index < -0.39 is 0 Å². The van der Waals surface area contributed by atoms with E-state index in [1.54, 1.807) is 0 Å². The van der Waals surface area contributed by atoms with Crippen molar-refractivity contribution in [2.75, 3.05) is 0 Å². The molecular weight excluding hydrogens is 326 g/mol. The van der Waals surface area contributed by atoms with Gasteiger partial charge >= 0.3 is 0 Å². The van der Waals surface area contributed by atoms with E-state index in [9.17, 15) is 0 Å². The third-order valence-electron chi connectivity index (χ3n) is 5.37. The Kier molecular flexibility index (Phi) is 4.68. The van der Waals surface area contributed by atoms with E-state index in [1.165, 1.54) is 44.8 Å². The minimum atomic E-state index is 0.893. The molecule has 0 radical (unpaired) electrons. The van der Waals surface area contributed by atoms with Crippen molar-refractivity contribution in [3.63, 3.8) is 0 Å². The van der Waals surface area contributed by atoms with E-state index in [0.29, 0.717) is 0 Å². The topological polar surface area (TPSA) is 4.93 Å². The molecule has 0 atom stereocenters. The van der Waals surface area contributed by atoms with Gasteiger partial charge in [-0.2, -0.15) is 0 Å². The lowest BCUT2D eigenvalue weighted by atomic mass is 9.95. The molecule has 0 N–H and O–H groups in total. The average Bonchev–Trinajstić information content (AvgIpc) is 2.95. The fourth-order valence-electron chi connectivity index (χ4n) is 3.91. The van der Waals surface area contributed by atoms with Crippen molar-refractivity contribution in [2.45, 2.75) is 27.3 Å². The summed E-state index contributed by atoms with van der Waals surface area (Å²) >= 11 is 0. The van der Waals surface area contributed by atoms with Crippen molar-refractivity contribution in [2.24, 2.45) is 0 Å². The molecule has 1 nitrogen and oxygen atoms in total. The zero-order valence-corrected chi connectivity index (χ0v) is 16.2. The lowest BCUT2D eigenvalue weighted by Crippen LogP contribution is -2.04. The first-order chi connectivity index (χ1) is 13.1. The molecule has 0 spiro atoms. The van der Waals surface area contributed by atoms with Gasteiger partial charge in [0.15, 0.2) is 0 Å². The zero-order valence-electron chi connectivity index (χ0n) is 16.2. The molecule has 1 aromatic heterocycles. The molecule has 0 aliphatic rings. The molecular formula is C26H25N. The maximum atomic E-state index is 2.45. The Balaban J connectivity index is 1.91. The number of aromatic nitrogens is 1. The molecule has 27 heavy (non-hydrogen) atoms. The van der Waals surface area contributed by atoms with E-state index in [-0.39, 0.29) is 0 Å². The molecule has 0 aliphatic heterocycles. The van der Waals surface area contributed by atoms with Gasteiger partial charge in [-0.25, -0.2) is 0 Å². The Labute approximate surface area is 161 Å². The number of aryl methyl sites for hydroxylation is 1. The Hall–Kier alpha value is -3.06. The Morgan fingerprint density at radius 3 is 1.44 bits per heavy atom. The van der Waals surface area contributed by atoms with Gasteiger partial charge in [0, 0.05) is 29.1 Å². The summed E-state index contributed by atoms with van der Waals surface area (Å²) in [4.78, 5) is 0. The third-order valence-corrected chi connectivity index (χ3v) is 5.37. The first kappa shape index (κ1) is 17.4. The number of hydrogen-bond acceptors (Lipinski definition) is 0. The maximum absolute atomic E-state index is 2.45. The van der Waals surface area contributed by atoms with Gasteiger partial charge in [0.25, 0.3) is 0 Å². The average molecular weight is 351 g/mol. The van der Waals surface area contributed by atoms with Gasteiger partial charge in [0.2, 0.25) is 0 Å². The summed E-state index contributed by atoms with van der Waals surface area (Å²) in [5.74, 6) is 0. The number of hydrogen-bond donors (Lipinski definition) is 0. The first-order valence-electron chi connectivity index (χ1n) is 9.51. The molecule has 0 aliphatic carbocycles. The predicted molar refractivity (Wildman–Crippen MR) is 115 cm³/mol. The number of benzene rings is 3. The van der Waals surface area contributed by atoms with Crippen molar-refractivity contribution < 1.29 is 0 Å². The predicted octanol–water partition coefficient (Wildman–Crippen LogP) is 6.80. The number of nitrogens with zero attached hydrogens (tertiary/aromatic N) is 1. The molecule has 0 bridgehead atoms. The highest BCUT2D eigenvalue weighted by molar-refractivity contribution is 5.87. The monoisotopic (exact) mass is 351 g/mol. The lowest BCUT2D eigenvalue weighted by molar-refractivity contribution is 0.751. The van der Waals surface area contributed by atoms with E-state index in [4.69, 9.17) is 0 Å². The van der Waals surface area contributed by atoms with Crippen LogP contribution < -0.4 is 0 Å². The molecule has 4 rings (SSSR count). The fraction of sp³-hybridized carbons (Fsp3) is 0.154. The van der Waals surface area contributed by atoms with Gasteiger partial charge in [-0.1, -0.05) is 90.5 Å². The van der Waals surface area contributed by atoms with Gasteiger partial charge in [-0.05, 0) is 37.5 Å². The van der Waals surface area contributed by atoms with Crippen LogP contribution in [0.2, 0.25) is 0 Å². The summed E-state index contributed by atoms with van der Waals surface area (Å²) in [5, 5.41) is 0. The van der Waals surface area contributed by atoms with Crippen LogP contribution in [0.1, 0.15) is 22.5 Å². The Morgan fingerprint density at radius 1 is 0.556 bits per heavy atom. The highest BCUT2D eigenvalue weighted by Gasteiger charge is 2.20. The quantitative estimate of drug-likeness (QED) is 0.381. The van der Waals surface area contributed by atoms with E-state index in [0.717, 1.165) is 6.54 Å². The molecule has 1 heteroatoms. The van der Waals surface area contributed by atoms with E-state index >= 15 is 0 Å². The second-order valence-electron chi connectivity index (χ2n) is 7.22. The maximum Gasteiger partial charge on any atom is 0.0475 e. The number of rotatable bonds is 4. The van der Waals surface area contributed by atoms with Crippen molar-refractivity contribution in [1.82, 2.24) is 4.57 Å². The summed E-state index contributed by atoms with van der Waals surface area (Å²) in [6.07, 6.45) is 0. The minimum absolute atomic E-state index is 0.893. The molecule has 0 saturated carbocycles. The molecule has 0 amide bonds. The second kappa shape index (κ2) is 7.28. The molecule has 4 aromatic rings. The van der Waals surface area contributed by atoms with E-state index in [1.807, 2.05) is 0 Å². The van der Waals surface area contributed by atoms with Gasteiger partial charge in [0.05, 0.1) is 0 Å². The summed E-state index contributed by atoms with van der Waals surface area (Å²) in [6.45, 7) is 7.52. The van der Waals surface area contributed by atoms with Crippen LogP contribution in [-0.4, -0.2) is 4.57 Å². The molecule has 1 heterocycles. The van der Waals surface area contributed by atoms with Gasteiger partial charge in [0.1, 0.15) is 0 Å². The van der Waals surface area contributed by atoms with Crippen molar-refractivity contribution in [3.05, 3.63) is 107 Å². The fourth-order valence-corrected chi connectivity index (χ4v) is 3.91. The van der Waals surface area contributed by atoms with Crippen LogP contribution in [0.3, 0.4) is 0 Å². The highest BCUT2D eigenvalue weighted by Crippen LogP contribution is 2.39. The van der Waals surface area contributed by atoms with Crippen LogP contribution in [0, 0.1) is 20.8 Å². The largest absolute Gasteiger partial charge is 0.344 e. The van der Waals surface area contributed by atoms with Crippen LogP contribution in [-0.2, 0) is 6.54 Å². The second-order valence-corrected chi connectivity index (χ2v) is 7.22. The van der Waals surface area contributed by atoms with Crippen LogP contribution in [0.15, 0.2) is 84.9 Å². The standard InChI is InChI=1S/C26H25N/c1-19-14-16-22(17-15-19)18-27-20(2)25(23-10-6-4-7-11-23)26(21(27)3)24-12-8-5-9-13-24/h4-17H,18H2,1-3H3. The van der Waals surface area contributed by atoms with Crippen molar-refractivity contribution in [1.29, 1.82) is 0 Å². The lowest BCUT2D eigenvalue weighted by Gasteiger charge is -2.10. The Morgan fingerprint density at radius 2 is 1.00 bits per heavy atom.